The summed E-state index contributed by atoms with van der Waals surface area (Å²) in [5.41, 5.74) is 0.0217. The van der Waals surface area contributed by atoms with E-state index in [-0.39, 0.29) is 18.5 Å². The number of amides is 1. The lowest BCUT2D eigenvalue weighted by Gasteiger charge is -2.15. The maximum absolute atomic E-state index is 12.5. The Kier molecular flexibility index (Phi) is 6.29. The molecule has 1 N–H and O–H groups in total. The van der Waals surface area contributed by atoms with Gasteiger partial charge in [0.05, 0.1) is 12.6 Å². The molecule has 0 aliphatic rings. The van der Waals surface area contributed by atoms with Gasteiger partial charge in [-0.3, -0.25) is 23.5 Å². The van der Waals surface area contributed by atoms with E-state index in [0.29, 0.717) is 18.0 Å². The number of nitrogens with zero attached hydrogens (tertiary/aromatic N) is 2. The van der Waals surface area contributed by atoms with Crippen LogP contribution in [0.5, 0.6) is 5.75 Å². The van der Waals surface area contributed by atoms with E-state index >= 15 is 0 Å². The average molecular weight is 393 g/mol. The summed E-state index contributed by atoms with van der Waals surface area (Å²) in [7, 11) is 0. The summed E-state index contributed by atoms with van der Waals surface area (Å²) in [6.45, 7) is 4.06. The number of benzene rings is 2. The van der Waals surface area contributed by atoms with Crippen molar-refractivity contribution in [1.29, 1.82) is 0 Å². The van der Waals surface area contributed by atoms with E-state index < -0.39 is 11.1 Å². The third-order valence-electron chi connectivity index (χ3n) is 4.48. The van der Waals surface area contributed by atoms with Gasteiger partial charge in [-0.15, -0.1) is 0 Å². The average Bonchev–Trinajstić information content (AvgIpc) is 2.73. The van der Waals surface area contributed by atoms with Crippen molar-refractivity contribution in [3.8, 4) is 11.4 Å². The summed E-state index contributed by atoms with van der Waals surface area (Å²) in [4.78, 5) is 37.3. The van der Waals surface area contributed by atoms with Gasteiger partial charge < -0.3 is 10.1 Å². The van der Waals surface area contributed by atoms with Crippen molar-refractivity contribution >= 4 is 5.91 Å². The van der Waals surface area contributed by atoms with Gasteiger partial charge in [-0.2, -0.15) is 0 Å². The van der Waals surface area contributed by atoms with Crippen LogP contribution in [0.15, 0.2) is 76.6 Å². The van der Waals surface area contributed by atoms with Gasteiger partial charge in [-0.1, -0.05) is 30.3 Å². The number of aromatic nitrogens is 2. The van der Waals surface area contributed by atoms with Crippen LogP contribution in [-0.4, -0.2) is 21.6 Å². The highest BCUT2D eigenvalue weighted by Gasteiger charge is 2.13. The normalized spacial score (nSPS) is 11.7. The van der Waals surface area contributed by atoms with Crippen LogP contribution in [0.3, 0.4) is 0 Å². The van der Waals surface area contributed by atoms with E-state index in [9.17, 15) is 14.4 Å². The Balaban J connectivity index is 1.74. The summed E-state index contributed by atoms with van der Waals surface area (Å²) in [5, 5.41) is 2.83. The lowest BCUT2D eigenvalue weighted by atomic mass is 10.1. The summed E-state index contributed by atoms with van der Waals surface area (Å²) in [5.74, 6) is 0.337. The van der Waals surface area contributed by atoms with Crippen LogP contribution in [-0.2, 0) is 11.3 Å². The fraction of sp³-hybridized carbons (Fsp3) is 0.227. The number of rotatable bonds is 7. The van der Waals surface area contributed by atoms with Crippen LogP contribution in [0.1, 0.15) is 25.5 Å². The Bertz CT molecular complexity index is 1090. The fourth-order valence-corrected chi connectivity index (χ4v) is 2.97. The molecule has 150 valence electrons. The first-order chi connectivity index (χ1) is 14.0. The molecule has 0 bridgehead atoms. The molecule has 0 aliphatic carbocycles. The standard InChI is InChI=1S/C22H23N3O4/c1-3-29-19-11-9-18(10-12-19)25-14-13-24(21(27)22(25)28)15-20(26)23-16(2)17-7-5-4-6-8-17/h4-14,16H,3,15H2,1-2H3,(H,23,26). The summed E-state index contributed by atoms with van der Waals surface area (Å²) in [6.07, 6.45) is 2.92. The maximum atomic E-state index is 12.5. The first kappa shape index (κ1) is 20.1. The molecule has 1 aromatic heterocycles. The molecule has 1 unspecified atom stereocenters. The Morgan fingerprint density at radius 1 is 1.00 bits per heavy atom. The first-order valence-corrected chi connectivity index (χ1v) is 9.39. The number of hydrogen-bond acceptors (Lipinski definition) is 4. The number of carbonyl (C=O) groups excluding carboxylic acids is 1. The Morgan fingerprint density at radius 3 is 2.34 bits per heavy atom. The van der Waals surface area contributed by atoms with Crippen molar-refractivity contribution < 1.29 is 9.53 Å². The molecule has 0 aliphatic heterocycles. The van der Waals surface area contributed by atoms with E-state index in [0.717, 1.165) is 10.1 Å². The van der Waals surface area contributed by atoms with Gasteiger partial charge in [0.15, 0.2) is 0 Å². The van der Waals surface area contributed by atoms with E-state index in [1.165, 1.54) is 17.0 Å². The van der Waals surface area contributed by atoms with Crippen molar-refractivity contribution in [2.75, 3.05) is 6.61 Å². The first-order valence-electron chi connectivity index (χ1n) is 9.39. The van der Waals surface area contributed by atoms with Crippen LogP contribution in [0.25, 0.3) is 5.69 Å². The molecule has 0 radical (unpaired) electrons. The minimum Gasteiger partial charge on any atom is -0.494 e. The zero-order chi connectivity index (χ0) is 20.8. The van der Waals surface area contributed by atoms with Crippen molar-refractivity contribution in [2.45, 2.75) is 26.4 Å². The van der Waals surface area contributed by atoms with Gasteiger partial charge in [-0.05, 0) is 43.7 Å². The van der Waals surface area contributed by atoms with Crippen LogP contribution < -0.4 is 21.2 Å². The molecule has 1 atom stereocenters. The predicted molar refractivity (Wildman–Crippen MR) is 110 cm³/mol. The summed E-state index contributed by atoms with van der Waals surface area (Å²) in [6, 6.07) is 16.2. The second-order valence-corrected chi connectivity index (χ2v) is 6.53. The smallest absolute Gasteiger partial charge is 0.320 e. The number of ether oxygens (including phenoxy) is 1. The van der Waals surface area contributed by atoms with Crippen LogP contribution in [0.2, 0.25) is 0 Å². The third-order valence-corrected chi connectivity index (χ3v) is 4.48. The monoisotopic (exact) mass is 393 g/mol. The van der Waals surface area contributed by atoms with Gasteiger partial charge >= 0.3 is 11.1 Å². The molecule has 7 nitrogen and oxygen atoms in total. The molecule has 0 saturated carbocycles. The van der Waals surface area contributed by atoms with Gasteiger partial charge in [0.25, 0.3) is 0 Å². The molecule has 3 rings (SSSR count). The van der Waals surface area contributed by atoms with E-state index in [4.69, 9.17) is 4.74 Å². The minimum atomic E-state index is -0.760. The SMILES string of the molecule is CCOc1ccc(-n2ccn(CC(=O)NC(C)c3ccccc3)c(=O)c2=O)cc1. The largest absolute Gasteiger partial charge is 0.494 e. The van der Waals surface area contributed by atoms with Crippen LogP contribution >= 0.6 is 0 Å². The lowest BCUT2D eigenvalue weighted by molar-refractivity contribution is -0.122. The Morgan fingerprint density at radius 2 is 1.69 bits per heavy atom. The van der Waals surface area contributed by atoms with E-state index in [2.05, 4.69) is 5.32 Å². The molecular weight excluding hydrogens is 370 g/mol. The molecule has 2 aromatic carbocycles. The molecule has 3 aromatic rings. The number of nitrogens with one attached hydrogen (secondary N) is 1. The fourth-order valence-electron chi connectivity index (χ4n) is 2.97. The molecule has 0 saturated heterocycles. The number of hydrogen-bond donors (Lipinski definition) is 1. The third kappa shape index (κ3) is 4.82. The molecule has 1 amide bonds. The van der Waals surface area contributed by atoms with Crippen molar-refractivity contribution in [1.82, 2.24) is 14.5 Å². The quantitative estimate of drug-likeness (QED) is 0.625. The topological polar surface area (TPSA) is 82.3 Å². The van der Waals surface area contributed by atoms with E-state index in [1.54, 1.807) is 24.3 Å². The summed E-state index contributed by atoms with van der Waals surface area (Å²) < 4.78 is 7.74. The maximum Gasteiger partial charge on any atom is 0.320 e. The second-order valence-electron chi connectivity index (χ2n) is 6.53. The highest BCUT2D eigenvalue weighted by Crippen LogP contribution is 2.14. The van der Waals surface area contributed by atoms with Gasteiger partial charge in [0, 0.05) is 18.1 Å². The van der Waals surface area contributed by atoms with Gasteiger partial charge in [0.2, 0.25) is 5.91 Å². The second kappa shape index (κ2) is 9.05. The summed E-state index contributed by atoms with van der Waals surface area (Å²) >= 11 is 0. The minimum absolute atomic E-state index is 0.205. The van der Waals surface area contributed by atoms with Crippen molar-refractivity contribution in [2.24, 2.45) is 0 Å². The Hall–Kier alpha value is -3.61. The van der Waals surface area contributed by atoms with Crippen molar-refractivity contribution in [3.63, 3.8) is 0 Å². The molecule has 1 heterocycles. The van der Waals surface area contributed by atoms with Crippen molar-refractivity contribution in [3.05, 3.63) is 93.3 Å². The zero-order valence-electron chi connectivity index (χ0n) is 16.4. The molecule has 0 fully saturated rings. The van der Waals surface area contributed by atoms with Gasteiger partial charge in [0.1, 0.15) is 12.3 Å². The van der Waals surface area contributed by atoms with Crippen LogP contribution in [0, 0.1) is 0 Å². The van der Waals surface area contributed by atoms with Gasteiger partial charge in [-0.25, -0.2) is 0 Å². The Labute approximate surface area is 168 Å². The van der Waals surface area contributed by atoms with Crippen LogP contribution in [0.4, 0.5) is 0 Å². The molecule has 29 heavy (non-hydrogen) atoms. The molecular formula is C22H23N3O4. The highest BCUT2D eigenvalue weighted by atomic mass is 16.5. The number of carbonyl (C=O) groups is 1. The molecule has 0 spiro atoms. The molecule has 7 heteroatoms. The van der Waals surface area contributed by atoms with E-state index in [1.807, 2.05) is 44.2 Å². The lowest BCUT2D eigenvalue weighted by Crippen LogP contribution is -2.42. The highest BCUT2D eigenvalue weighted by molar-refractivity contribution is 5.76. The predicted octanol–water partition coefficient (Wildman–Crippen LogP) is 2.28. The zero-order valence-corrected chi connectivity index (χ0v) is 16.4.